The molecule has 0 saturated heterocycles. The molecule has 3 rings (SSSR count). The van der Waals surface area contributed by atoms with Crippen LogP contribution in [0.15, 0.2) is 54.6 Å². The second-order valence-corrected chi connectivity index (χ2v) is 7.72. The van der Waals surface area contributed by atoms with Crippen LogP contribution in [-0.4, -0.2) is 24.2 Å². The molecule has 0 bridgehead atoms. The molecule has 5 nitrogen and oxygen atoms in total. The van der Waals surface area contributed by atoms with E-state index >= 15 is 0 Å². The van der Waals surface area contributed by atoms with E-state index in [1.807, 2.05) is 42.5 Å². The standard InChI is InChI=1S/C21H25N3O2S/c25-20(18-9-10-18)24-19-8-4-7-17(13-19)14-23-21(26)22-11-12-27-15-16-5-2-1-3-6-16/h1-8,13,18H,9-12,14-15H2,(H,24,25)(H2,22,23,26). The molecule has 3 amide bonds. The molecular formula is C21H25N3O2S. The van der Waals surface area contributed by atoms with Gasteiger partial charge >= 0.3 is 6.03 Å². The van der Waals surface area contributed by atoms with Crippen LogP contribution in [0.4, 0.5) is 10.5 Å². The number of hydrogen-bond acceptors (Lipinski definition) is 3. The van der Waals surface area contributed by atoms with E-state index in [2.05, 4.69) is 28.1 Å². The molecule has 2 aromatic rings. The summed E-state index contributed by atoms with van der Waals surface area (Å²) < 4.78 is 0. The zero-order valence-electron chi connectivity index (χ0n) is 15.2. The second-order valence-electron chi connectivity index (χ2n) is 6.61. The molecule has 142 valence electrons. The van der Waals surface area contributed by atoms with E-state index in [-0.39, 0.29) is 17.9 Å². The molecule has 0 heterocycles. The van der Waals surface area contributed by atoms with Crippen LogP contribution >= 0.6 is 11.8 Å². The summed E-state index contributed by atoms with van der Waals surface area (Å²) in [6.45, 7) is 1.05. The molecule has 1 aliphatic carbocycles. The third-order valence-electron chi connectivity index (χ3n) is 4.24. The highest BCUT2D eigenvalue weighted by molar-refractivity contribution is 7.98. The SMILES string of the molecule is O=C(NCCSCc1ccccc1)NCc1cccc(NC(=O)C2CC2)c1. The molecule has 0 atom stereocenters. The monoisotopic (exact) mass is 383 g/mol. The van der Waals surface area contributed by atoms with Crippen LogP contribution in [0.25, 0.3) is 0 Å². The van der Waals surface area contributed by atoms with Gasteiger partial charge in [-0.1, -0.05) is 42.5 Å². The van der Waals surface area contributed by atoms with Crippen LogP contribution in [0.1, 0.15) is 24.0 Å². The van der Waals surface area contributed by atoms with Gasteiger partial charge in [-0.3, -0.25) is 4.79 Å². The lowest BCUT2D eigenvalue weighted by Crippen LogP contribution is -2.36. The average molecular weight is 384 g/mol. The van der Waals surface area contributed by atoms with Gasteiger partial charge in [0, 0.05) is 36.2 Å². The zero-order valence-corrected chi connectivity index (χ0v) is 16.1. The molecule has 1 aliphatic rings. The minimum Gasteiger partial charge on any atom is -0.337 e. The van der Waals surface area contributed by atoms with Crippen molar-refractivity contribution in [2.75, 3.05) is 17.6 Å². The Bertz CT molecular complexity index is 763. The van der Waals surface area contributed by atoms with Crippen LogP contribution in [0, 0.1) is 5.92 Å². The first-order valence-electron chi connectivity index (χ1n) is 9.24. The van der Waals surface area contributed by atoms with Crippen molar-refractivity contribution in [1.82, 2.24) is 10.6 Å². The van der Waals surface area contributed by atoms with Crippen LogP contribution in [0.5, 0.6) is 0 Å². The Kier molecular flexibility index (Phi) is 7.16. The highest BCUT2D eigenvalue weighted by atomic mass is 32.2. The summed E-state index contributed by atoms with van der Waals surface area (Å²) in [5, 5.41) is 8.64. The highest BCUT2D eigenvalue weighted by Gasteiger charge is 2.29. The number of hydrogen-bond donors (Lipinski definition) is 3. The lowest BCUT2D eigenvalue weighted by molar-refractivity contribution is -0.117. The maximum Gasteiger partial charge on any atom is 0.315 e. The van der Waals surface area contributed by atoms with Crippen molar-refractivity contribution >= 4 is 29.4 Å². The van der Waals surface area contributed by atoms with Gasteiger partial charge < -0.3 is 16.0 Å². The number of thioether (sulfide) groups is 1. The Morgan fingerprint density at radius 2 is 1.74 bits per heavy atom. The first kappa shape index (κ1) is 19.3. The van der Waals surface area contributed by atoms with E-state index in [0.717, 1.165) is 35.6 Å². The van der Waals surface area contributed by atoms with Crippen molar-refractivity contribution in [3.05, 3.63) is 65.7 Å². The van der Waals surface area contributed by atoms with Crippen molar-refractivity contribution in [1.29, 1.82) is 0 Å². The van der Waals surface area contributed by atoms with Gasteiger partial charge in [0.1, 0.15) is 0 Å². The van der Waals surface area contributed by atoms with Crippen molar-refractivity contribution in [2.24, 2.45) is 5.92 Å². The molecule has 0 unspecified atom stereocenters. The third kappa shape index (κ3) is 6.98. The lowest BCUT2D eigenvalue weighted by Gasteiger charge is -2.09. The minimum absolute atomic E-state index is 0.0888. The van der Waals surface area contributed by atoms with Crippen LogP contribution in [0.3, 0.4) is 0 Å². The Labute approximate surface area is 164 Å². The number of benzene rings is 2. The van der Waals surface area contributed by atoms with E-state index < -0.39 is 0 Å². The molecule has 1 saturated carbocycles. The van der Waals surface area contributed by atoms with E-state index in [1.54, 1.807) is 11.8 Å². The number of urea groups is 1. The first-order valence-corrected chi connectivity index (χ1v) is 10.4. The van der Waals surface area contributed by atoms with Gasteiger partial charge in [0.25, 0.3) is 0 Å². The summed E-state index contributed by atoms with van der Waals surface area (Å²) in [7, 11) is 0. The van der Waals surface area contributed by atoms with Crippen LogP contribution < -0.4 is 16.0 Å². The molecule has 2 aromatic carbocycles. The maximum absolute atomic E-state index is 11.9. The van der Waals surface area contributed by atoms with Crippen molar-refractivity contribution < 1.29 is 9.59 Å². The molecule has 27 heavy (non-hydrogen) atoms. The van der Waals surface area contributed by atoms with Gasteiger partial charge in [0.15, 0.2) is 0 Å². The fourth-order valence-corrected chi connectivity index (χ4v) is 3.41. The summed E-state index contributed by atoms with van der Waals surface area (Å²) >= 11 is 1.80. The molecule has 0 spiro atoms. The molecule has 6 heteroatoms. The maximum atomic E-state index is 11.9. The van der Waals surface area contributed by atoms with Gasteiger partial charge in [-0.2, -0.15) is 11.8 Å². The molecule has 0 aromatic heterocycles. The smallest absolute Gasteiger partial charge is 0.315 e. The molecule has 0 aliphatic heterocycles. The summed E-state index contributed by atoms with van der Waals surface area (Å²) in [5.74, 6) is 2.08. The summed E-state index contributed by atoms with van der Waals surface area (Å²) in [6.07, 6.45) is 1.97. The number of nitrogens with one attached hydrogen (secondary N) is 3. The number of anilines is 1. The predicted octanol–water partition coefficient (Wildman–Crippen LogP) is 3.77. The molecule has 3 N–H and O–H groups in total. The van der Waals surface area contributed by atoms with Crippen molar-refractivity contribution in [3.63, 3.8) is 0 Å². The fourth-order valence-electron chi connectivity index (χ4n) is 2.59. The number of amides is 3. The first-order chi connectivity index (χ1) is 13.2. The summed E-state index contributed by atoms with van der Waals surface area (Å²) in [6, 6.07) is 17.7. The molecule has 0 radical (unpaired) electrons. The van der Waals surface area contributed by atoms with E-state index in [9.17, 15) is 9.59 Å². The van der Waals surface area contributed by atoms with Gasteiger partial charge in [0.05, 0.1) is 0 Å². The van der Waals surface area contributed by atoms with Crippen LogP contribution in [0.2, 0.25) is 0 Å². The van der Waals surface area contributed by atoms with E-state index in [1.165, 1.54) is 5.56 Å². The Balaban J connectivity index is 1.31. The third-order valence-corrected chi connectivity index (χ3v) is 5.27. The van der Waals surface area contributed by atoms with Crippen molar-refractivity contribution in [3.8, 4) is 0 Å². The van der Waals surface area contributed by atoms with Gasteiger partial charge in [-0.05, 0) is 36.1 Å². The van der Waals surface area contributed by atoms with Gasteiger partial charge in [-0.15, -0.1) is 0 Å². The Morgan fingerprint density at radius 1 is 0.963 bits per heavy atom. The van der Waals surface area contributed by atoms with Gasteiger partial charge in [0.2, 0.25) is 5.91 Å². The summed E-state index contributed by atoms with van der Waals surface area (Å²) in [5.41, 5.74) is 3.03. The van der Waals surface area contributed by atoms with Gasteiger partial charge in [-0.25, -0.2) is 4.79 Å². The summed E-state index contributed by atoms with van der Waals surface area (Å²) in [4.78, 5) is 23.7. The number of carbonyl (C=O) groups is 2. The minimum atomic E-state index is -0.178. The highest BCUT2D eigenvalue weighted by Crippen LogP contribution is 2.30. The van der Waals surface area contributed by atoms with Crippen LogP contribution in [-0.2, 0) is 17.1 Å². The second kappa shape index (κ2) is 10.0. The Morgan fingerprint density at radius 3 is 2.52 bits per heavy atom. The fraction of sp³-hybridized carbons (Fsp3) is 0.333. The van der Waals surface area contributed by atoms with E-state index in [0.29, 0.717) is 13.1 Å². The molecular weight excluding hydrogens is 358 g/mol. The number of carbonyl (C=O) groups excluding carboxylic acids is 2. The zero-order chi connectivity index (χ0) is 18.9. The molecule has 1 fully saturated rings. The number of rotatable bonds is 9. The predicted molar refractivity (Wildman–Crippen MR) is 111 cm³/mol. The quantitative estimate of drug-likeness (QED) is 0.577. The van der Waals surface area contributed by atoms with E-state index in [4.69, 9.17) is 0 Å². The largest absolute Gasteiger partial charge is 0.337 e. The average Bonchev–Trinajstić information content (AvgIpc) is 3.53. The lowest BCUT2D eigenvalue weighted by atomic mass is 10.2. The van der Waals surface area contributed by atoms with Crippen molar-refractivity contribution in [2.45, 2.75) is 25.1 Å². The topological polar surface area (TPSA) is 70.2 Å². The Hall–Kier alpha value is -2.47. The normalized spacial score (nSPS) is 13.0.